The summed E-state index contributed by atoms with van der Waals surface area (Å²) in [7, 11) is 1.90. The van der Waals surface area contributed by atoms with Gasteiger partial charge < -0.3 is 10.2 Å². The zero-order valence-electron chi connectivity index (χ0n) is 11.5. The van der Waals surface area contributed by atoms with E-state index in [4.69, 9.17) is 0 Å². The summed E-state index contributed by atoms with van der Waals surface area (Å²) in [5.41, 5.74) is 3.79. The second kappa shape index (κ2) is 5.53. The van der Waals surface area contributed by atoms with Crippen LogP contribution in [0, 0.1) is 19.8 Å². The number of carbonyl (C=O) groups excluding carboxylic acids is 1. The van der Waals surface area contributed by atoms with Crippen molar-refractivity contribution in [2.24, 2.45) is 5.92 Å². The fraction of sp³-hybridized carbons (Fsp3) is 0.533. The van der Waals surface area contributed by atoms with Crippen molar-refractivity contribution in [1.82, 2.24) is 10.2 Å². The van der Waals surface area contributed by atoms with Crippen LogP contribution in [0.15, 0.2) is 18.2 Å². The Balaban J connectivity index is 1.99. The van der Waals surface area contributed by atoms with Crippen molar-refractivity contribution < 1.29 is 4.79 Å². The Morgan fingerprint density at radius 2 is 2.17 bits per heavy atom. The summed E-state index contributed by atoms with van der Waals surface area (Å²) in [5, 5.41) is 3.24. The van der Waals surface area contributed by atoms with Gasteiger partial charge in [-0.05, 0) is 43.5 Å². The summed E-state index contributed by atoms with van der Waals surface area (Å²) in [4.78, 5) is 14.0. The zero-order valence-corrected chi connectivity index (χ0v) is 11.5. The molecule has 1 N–H and O–H groups in total. The molecule has 1 aliphatic rings. The molecule has 1 aromatic carbocycles. The lowest BCUT2D eigenvalue weighted by Crippen LogP contribution is -2.33. The maximum absolute atomic E-state index is 12.2. The molecule has 0 aliphatic carbocycles. The van der Waals surface area contributed by atoms with Crippen LogP contribution in [0.4, 0.5) is 0 Å². The Hall–Kier alpha value is -1.35. The second-order valence-electron chi connectivity index (χ2n) is 5.30. The highest BCUT2D eigenvalue weighted by Gasteiger charge is 2.25. The Labute approximate surface area is 109 Å². The van der Waals surface area contributed by atoms with E-state index in [-0.39, 0.29) is 11.8 Å². The summed E-state index contributed by atoms with van der Waals surface area (Å²) in [6.07, 6.45) is 0.968. The number of carbonyl (C=O) groups is 1. The van der Waals surface area contributed by atoms with Gasteiger partial charge in [0, 0.05) is 20.1 Å². The lowest BCUT2D eigenvalue weighted by Gasteiger charge is -2.21. The van der Waals surface area contributed by atoms with Crippen LogP contribution in [0.25, 0.3) is 0 Å². The SMILES string of the molecule is Cc1ccc(CN(C)C(=O)C2CCNC2)cc1C. The lowest BCUT2D eigenvalue weighted by atomic mass is 10.0. The normalized spacial score (nSPS) is 18.9. The van der Waals surface area contributed by atoms with Crippen LogP contribution in [-0.2, 0) is 11.3 Å². The smallest absolute Gasteiger partial charge is 0.227 e. The maximum Gasteiger partial charge on any atom is 0.227 e. The predicted octanol–water partition coefficient (Wildman–Crippen LogP) is 1.87. The third-order valence-corrected chi connectivity index (χ3v) is 3.78. The number of amides is 1. The van der Waals surface area contributed by atoms with E-state index in [1.807, 2.05) is 11.9 Å². The van der Waals surface area contributed by atoms with Crippen LogP contribution in [-0.4, -0.2) is 30.9 Å². The third kappa shape index (κ3) is 2.91. The molecule has 1 aromatic rings. The summed E-state index contributed by atoms with van der Waals surface area (Å²) in [5.74, 6) is 0.430. The third-order valence-electron chi connectivity index (χ3n) is 3.78. The van der Waals surface area contributed by atoms with Crippen molar-refractivity contribution in [2.75, 3.05) is 20.1 Å². The van der Waals surface area contributed by atoms with Crippen LogP contribution in [0.1, 0.15) is 23.1 Å². The molecule has 0 aromatic heterocycles. The number of rotatable bonds is 3. The van der Waals surface area contributed by atoms with Gasteiger partial charge in [-0.2, -0.15) is 0 Å². The van der Waals surface area contributed by atoms with E-state index < -0.39 is 0 Å². The number of nitrogens with one attached hydrogen (secondary N) is 1. The Morgan fingerprint density at radius 1 is 1.39 bits per heavy atom. The fourth-order valence-corrected chi connectivity index (χ4v) is 2.43. The average molecular weight is 246 g/mol. The van der Waals surface area contributed by atoms with Crippen LogP contribution in [0.3, 0.4) is 0 Å². The minimum Gasteiger partial charge on any atom is -0.341 e. The van der Waals surface area contributed by atoms with Gasteiger partial charge in [0.05, 0.1) is 5.92 Å². The molecule has 1 saturated heterocycles. The number of aryl methyl sites for hydroxylation is 2. The molecule has 0 spiro atoms. The topological polar surface area (TPSA) is 32.3 Å². The summed E-state index contributed by atoms with van der Waals surface area (Å²) < 4.78 is 0. The van der Waals surface area contributed by atoms with Crippen molar-refractivity contribution in [3.05, 3.63) is 34.9 Å². The van der Waals surface area contributed by atoms with Gasteiger partial charge in [-0.3, -0.25) is 4.79 Å². The molecule has 3 nitrogen and oxygen atoms in total. The first-order valence-electron chi connectivity index (χ1n) is 6.60. The Morgan fingerprint density at radius 3 is 2.78 bits per heavy atom. The van der Waals surface area contributed by atoms with Gasteiger partial charge in [-0.15, -0.1) is 0 Å². The monoisotopic (exact) mass is 246 g/mol. The molecule has 18 heavy (non-hydrogen) atoms. The summed E-state index contributed by atoms with van der Waals surface area (Å²) >= 11 is 0. The van der Waals surface area contributed by atoms with Crippen molar-refractivity contribution in [2.45, 2.75) is 26.8 Å². The van der Waals surface area contributed by atoms with E-state index in [0.717, 1.165) is 19.5 Å². The molecule has 1 unspecified atom stereocenters. The molecular weight excluding hydrogens is 224 g/mol. The average Bonchev–Trinajstić information content (AvgIpc) is 2.86. The van der Waals surface area contributed by atoms with Gasteiger partial charge in [-0.25, -0.2) is 0 Å². The molecule has 1 amide bonds. The quantitative estimate of drug-likeness (QED) is 0.883. The van der Waals surface area contributed by atoms with Gasteiger partial charge in [0.25, 0.3) is 0 Å². The molecule has 1 aliphatic heterocycles. The molecule has 3 heteroatoms. The molecule has 0 radical (unpaired) electrons. The predicted molar refractivity (Wildman–Crippen MR) is 73.4 cm³/mol. The van der Waals surface area contributed by atoms with E-state index in [1.54, 1.807) is 0 Å². The fourth-order valence-electron chi connectivity index (χ4n) is 2.43. The van der Waals surface area contributed by atoms with Gasteiger partial charge in [0.1, 0.15) is 0 Å². The molecule has 1 fully saturated rings. The highest BCUT2D eigenvalue weighted by atomic mass is 16.2. The van der Waals surface area contributed by atoms with Gasteiger partial charge >= 0.3 is 0 Å². The van der Waals surface area contributed by atoms with E-state index in [1.165, 1.54) is 16.7 Å². The van der Waals surface area contributed by atoms with Crippen molar-refractivity contribution in [3.63, 3.8) is 0 Å². The highest BCUT2D eigenvalue weighted by Crippen LogP contribution is 2.15. The van der Waals surface area contributed by atoms with E-state index in [0.29, 0.717) is 6.54 Å². The summed E-state index contributed by atoms with van der Waals surface area (Å²) in [6, 6.07) is 6.41. The number of benzene rings is 1. The van der Waals surface area contributed by atoms with Crippen LogP contribution in [0.5, 0.6) is 0 Å². The second-order valence-corrected chi connectivity index (χ2v) is 5.30. The zero-order chi connectivity index (χ0) is 13.1. The Kier molecular flexibility index (Phi) is 4.02. The molecular formula is C15H22N2O. The lowest BCUT2D eigenvalue weighted by molar-refractivity contribution is -0.134. The van der Waals surface area contributed by atoms with Gasteiger partial charge in [0.2, 0.25) is 5.91 Å². The number of hydrogen-bond donors (Lipinski definition) is 1. The molecule has 1 heterocycles. The molecule has 1 atom stereocenters. The minimum atomic E-state index is 0.168. The van der Waals surface area contributed by atoms with Crippen LogP contribution < -0.4 is 5.32 Å². The molecule has 0 saturated carbocycles. The maximum atomic E-state index is 12.2. The summed E-state index contributed by atoms with van der Waals surface area (Å²) in [6.45, 7) is 6.72. The molecule has 0 bridgehead atoms. The van der Waals surface area contributed by atoms with E-state index in [2.05, 4.69) is 37.4 Å². The van der Waals surface area contributed by atoms with E-state index >= 15 is 0 Å². The van der Waals surface area contributed by atoms with Crippen LogP contribution in [0.2, 0.25) is 0 Å². The largest absolute Gasteiger partial charge is 0.341 e. The number of nitrogens with zero attached hydrogens (tertiary/aromatic N) is 1. The minimum absolute atomic E-state index is 0.168. The van der Waals surface area contributed by atoms with Gasteiger partial charge in [-0.1, -0.05) is 18.2 Å². The molecule has 2 rings (SSSR count). The van der Waals surface area contributed by atoms with E-state index in [9.17, 15) is 4.79 Å². The van der Waals surface area contributed by atoms with Crippen molar-refractivity contribution >= 4 is 5.91 Å². The highest BCUT2D eigenvalue weighted by molar-refractivity contribution is 5.79. The van der Waals surface area contributed by atoms with Crippen molar-refractivity contribution in [1.29, 1.82) is 0 Å². The standard InChI is InChI=1S/C15H22N2O/c1-11-4-5-13(8-12(11)2)10-17(3)15(18)14-6-7-16-9-14/h4-5,8,14,16H,6-7,9-10H2,1-3H3. The van der Waals surface area contributed by atoms with Crippen molar-refractivity contribution in [3.8, 4) is 0 Å². The Bertz CT molecular complexity index is 436. The first-order chi connectivity index (χ1) is 8.58. The first kappa shape index (κ1) is 13.1. The van der Waals surface area contributed by atoms with Gasteiger partial charge in [0.15, 0.2) is 0 Å². The number of hydrogen-bond acceptors (Lipinski definition) is 2. The van der Waals surface area contributed by atoms with Crippen LogP contribution >= 0.6 is 0 Å². The first-order valence-corrected chi connectivity index (χ1v) is 6.60. The molecule has 98 valence electrons.